The molecule has 0 aliphatic carbocycles. The van der Waals surface area contributed by atoms with Gasteiger partial charge in [-0.25, -0.2) is 0 Å². The minimum absolute atomic E-state index is 0.0229. The number of carbonyl (C=O) groups is 1. The first-order valence-electron chi connectivity index (χ1n) is 5.21. The van der Waals surface area contributed by atoms with Crippen LogP contribution < -0.4 is 4.90 Å². The van der Waals surface area contributed by atoms with Gasteiger partial charge in [-0.2, -0.15) is 4.91 Å². The normalized spacial score (nSPS) is 9.67. The number of allylic oxidation sites excluding steroid dienone is 1. The van der Waals surface area contributed by atoms with Gasteiger partial charge in [-0.15, -0.1) is 0 Å². The predicted octanol–water partition coefficient (Wildman–Crippen LogP) is 3.77. The van der Waals surface area contributed by atoms with Crippen molar-refractivity contribution in [2.24, 2.45) is 5.18 Å². The third-order valence-electron chi connectivity index (χ3n) is 2.40. The second-order valence-corrected chi connectivity index (χ2v) is 4.43. The van der Waals surface area contributed by atoms with Crippen molar-refractivity contribution in [3.05, 3.63) is 58.1 Å². The topological polar surface area (TPSA) is 49.7 Å². The SMILES string of the molecule is C=CC(=C)N(C(C)=O)c1cccc(Br)c1CN=O. The van der Waals surface area contributed by atoms with Gasteiger partial charge in [0.15, 0.2) is 0 Å². The summed E-state index contributed by atoms with van der Waals surface area (Å²) in [6.45, 7) is 8.76. The van der Waals surface area contributed by atoms with E-state index in [0.29, 0.717) is 16.9 Å². The minimum atomic E-state index is -0.204. The van der Waals surface area contributed by atoms with Crippen LogP contribution in [0.2, 0.25) is 0 Å². The fourth-order valence-corrected chi connectivity index (χ4v) is 2.08. The lowest BCUT2D eigenvalue weighted by Gasteiger charge is -2.24. The Bertz CT molecular complexity index is 512. The summed E-state index contributed by atoms with van der Waals surface area (Å²) >= 11 is 3.34. The monoisotopic (exact) mass is 308 g/mol. The molecule has 0 atom stereocenters. The molecule has 1 rings (SSSR count). The van der Waals surface area contributed by atoms with E-state index >= 15 is 0 Å². The molecule has 0 spiro atoms. The van der Waals surface area contributed by atoms with E-state index in [1.165, 1.54) is 17.9 Å². The van der Waals surface area contributed by atoms with E-state index in [1.54, 1.807) is 18.2 Å². The number of hydrogen-bond acceptors (Lipinski definition) is 3. The van der Waals surface area contributed by atoms with Crippen LogP contribution in [0.5, 0.6) is 0 Å². The molecule has 0 fully saturated rings. The number of nitrogens with zero attached hydrogens (tertiary/aromatic N) is 2. The minimum Gasteiger partial charge on any atom is -0.282 e. The molecule has 94 valence electrons. The van der Waals surface area contributed by atoms with Crippen LogP contribution in [0.3, 0.4) is 0 Å². The summed E-state index contributed by atoms with van der Waals surface area (Å²) in [5.41, 5.74) is 1.68. The van der Waals surface area contributed by atoms with Crippen molar-refractivity contribution in [1.82, 2.24) is 0 Å². The van der Waals surface area contributed by atoms with Gasteiger partial charge in [0, 0.05) is 22.7 Å². The van der Waals surface area contributed by atoms with E-state index in [1.807, 2.05) is 0 Å². The van der Waals surface area contributed by atoms with Crippen molar-refractivity contribution in [1.29, 1.82) is 0 Å². The van der Waals surface area contributed by atoms with Gasteiger partial charge in [-0.3, -0.25) is 9.69 Å². The Morgan fingerprint density at radius 1 is 1.56 bits per heavy atom. The lowest BCUT2D eigenvalue weighted by Crippen LogP contribution is -2.27. The molecule has 4 nitrogen and oxygen atoms in total. The Labute approximate surface area is 114 Å². The first kappa shape index (κ1) is 14.3. The number of rotatable bonds is 5. The van der Waals surface area contributed by atoms with Crippen LogP contribution in [-0.4, -0.2) is 5.91 Å². The number of hydrogen-bond donors (Lipinski definition) is 0. The molecule has 1 aromatic carbocycles. The molecule has 0 unspecified atom stereocenters. The first-order valence-corrected chi connectivity index (χ1v) is 6.00. The summed E-state index contributed by atoms with van der Waals surface area (Å²) in [4.78, 5) is 23.6. The molecular weight excluding hydrogens is 296 g/mol. The van der Waals surface area contributed by atoms with Gasteiger partial charge in [0.05, 0.1) is 5.69 Å². The van der Waals surface area contributed by atoms with Gasteiger partial charge in [0.2, 0.25) is 5.91 Å². The van der Waals surface area contributed by atoms with Gasteiger partial charge in [-0.1, -0.05) is 40.3 Å². The van der Waals surface area contributed by atoms with Crippen molar-refractivity contribution in [3.8, 4) is 0 Å². The summed E-state index contributed by atoms with van der Waals surface area (Å²) < 4.78 is 0.725. The second-order valence-electron chi connectivity index (χ2n) is 3.57. The number of amides is 1. The summed E-state index contributed by atoms with van der Waals surface area (Å²) in [6, 6.07) is 5.31. The first-order chi connectivity index (χ1) is 8.52. The number of benzene rings is 1. The molecule has 1 amide bonds. The maximum Gasteiger partial charge on any atom is 0.228 e. The van der Waals surface area contributed by atoms with Crippen LogP contribution in [0.25, 0.3) is 0 Å². The smallest absolute Gasteiger partial charge is 0.228 e. The highest BCUT2D eigenvalue weighted by Gasteiger charge is 2.18. The Kier molecular flexibility index (Phi) is 4.97. The fraction of sp³-hybridized carbons (Fsp3) is 0.154. The highest BCUT2D eigenvalue weighted by atomic mass is 79.9. The van der Waals surface area contributed by atoms with Gasteiger partial charge in [0.1, 0.15) is 6.54 Å². The average Bonchev–Trinajstić information content (AvgIpc) is 2.33. The summed E-state index contributed by atoms with van der Waals surface area (Å²) in [7, 11) is 0. The molecule has 0 saturated carbocycles. The molecule has 0 saturated heterocycles. The summed E-state index contributed by atoms with van der Waals surface area (Å²) in [5, 5.41) is 2.88. The Hall–Kier alpha value is -1.75. The number of carbonyl (C=O) groups excluding carboxylic acids is 1. The van der Waals surface area contributed by atoms with Crippen molar-refractivity contribution >= 4 is 27.5 Å². The predicted molar refractivity (Wildman–Crippen MR) is 76.1 cm³/mol. The zero-order chi connectivity index (χ0) is 13.7. The standard InChI is InChI=1S/C13H13BrN2O2/c1-4-9(2)16(10(3)17)13-7-5-6-12(14)11(13)8-15-18/h4-7H,1-2,8H2,3H3. The molecule has 0 aliphatic heterocycles. The number of nitroso groups, excluding NO2 is 1. The third kappa shape index (κ3) is 2.92. The second kappa shape index (κ2) is 6.26. The zero-order valence-corrected chi connectivity index (χ0v) is 11.6. The molecule has 0 bridgehead atoms. The van der Waals surface area contributed by atoms with Gasteiger partial charge >= 0.3 is 0 Å². The van der Waals surface area contributed by atoms with Crippen molar-refractivity contribution in [2.75, 3.05) is 4.90 Å². The molecule has 0 radical (unpaired) electrons. The van der Waals surface area contributed by atoms with Gasteiger partial charge < -0.3 is 0 Å². The Morgan fingerprint density at radius 2 is 2.22 bits per heavy atom. The molecule has 18 heavy (non-hydrogen) atoms. The lowest BCUT2D eigenvalue weighted by molar-refractivity contribution is -0.116. The molecule has 0 N–H and O–H groups in total. The van der Waals surface area contributed by atoms with Crippen molar-refractivity contribution < 1.29 is 4.79 Å². The summed E-state index contributed by atoms with van der Waals surface area (Å²) in [5.74, 6) is -0.204. The molecule has 0 aliphatic rings. The quantitative estimate of drug-likeness (QED) is 0.614. The van der Waals surface area contributed by atoms with Crippen LogP contribution in [0.1, 0.15) is 12.5 Å². The highest BCUT2D eigenvalue weighted by Crippen LogP contribution is 2.30. The van der Waals surface area contributed by atoms with E-state index in [2.05, 4.69) is 34.3 Å². The lowest BCUT2D eigenvalue weighted by atomic mass is 10.1. The zero-order valence-electron chi connectivity index (χ0n) is 10.0. The van der Waals surface area contributed by atoms with E-state index < -0.39 is 0 Å². The van der Waals surface area contributed by atoms with E-state index in [4.69, 9.17) is 0 Å². The third-order valence-corrected chi connectivity index (χ3v) is 3.14. The van der Waals surface area contributed by atoms with Gasteiger partial charge in [-0.05, 0) is 18.2 Å². The molecule has 5 heteroatoms. The number of anilines is 1. The van der Waals surface area contributed by atoms with Crippen LogP contribution in [0.4, 0.5) is 5.69 Å². The Morgan fingerprint density at radius 3 is 2.72 bits per heavy atom. The molecular formula is C13H13BrN2O2. The number of halogens is 1. The van der Waals surface area contributed by atoms with E-state index in [9.17, 15) is 9.70 Å². The maximum atomic E-state index is 11.7. The van der Waals surface area contributed by atoms with Crippen molar-refractivity contribution in [3.63, 3.8) is 0 Å². The highest BCUT2D eigenvalue weighted by molar-refractivity contribution is 9.10. The largest absolute Gasteiger partial charge is 0.282 e. The van der Waals surface area contributed by atoms with Crippen LogP contribution >= 0.6 is 15.9 Å². The molecule has 1 aromatic rings. The van der Waals surface area contributed by atoms with Crippen LogP contribution in [-0.2, 0) is 11.3 Å². The maximum absolute atomic E-state index is 11.7. The van der Waals surface area contributed by atoms with Gasteiger partial charge in [0.25, 0.3) is 0 Å². The fourth-order valence-electron chi connectivity index (χ4n) is 1.60. The average molecular weight is 309 g/mol. The summed E-state index contributed by atoms with van der Waals surface area (Å²) in [6.07, 6.45) is 1.49. The van der Waals surface area contributed by atoms with Crippen LogP contribution in [0, 0.1) is 4.91 Å². The molecule has 0 heterocycles. The molecule has 0 aromatic heterocycles. The van der Waals surface area contributed by atoms with Crippen molar-refractivity contribution in [2.45, 2.75) is 13.5 Å². The van der Waals surface area contributed by atoms with Crippen LogP contribution in [0.15, 0.2) is 52.8 Å². The van der Waals surface area contributed by atoms with E-state index in [-0.39, 0.29) is 12.5 Å². The van der Waals surface area contributed by atoms with E-state index in [0.717, 1.165) is 4.47 Å². The Balaban J connectivity index is 3.40.